The predicted octanol–water partition coefficient (Wildman–Crippen LogP) is 4.21. The summed E-state index contributed by atoms with van der Waals surface area (Å²) in [5.41, 5.74) is 3.02. The van der Waals surface area contributed by atoms with E-state index in [2.05, 4.69) is 51.2 Å². The van der Waals surface area contributed by atoms with Gasteiger partial charge in [0.05, 0.1) is 0 Å². The Hall–Kier alpha value is -1.02. The predicted molar refractivity (Wildman–Crippen MR) is 90.0 cm³/mol. The Labute approximate surface area is 130 Å². The van der Waals surface area contributed by atoms with Crippen LogP contribution in [0.15, 0.2) is 18.2 Å². The first-order chi connectivity index (χ1) is 10.1. The molecule has 0 bridgehead atoms. The van der Waals surface area contributed by atoms with Gasteiger partial charge in [0.25, 0.3) is 0 Å². The van der Waals surface area contributed by atoms with Crippen LogP contribution in [0.1, 0.15) is 51.7 Å². The first-order valence-electron chi connectivity index (χ1n) is 8.55. The number of aryl methyl sites for hydroxylation is 2. The molecule has 2 rings (SSSR count). The van der Waals surface area contributed by atoms with Crippen molar-refractivity contribution in [3.63, 3.8) is 0 Å². The fraction of sp³-hybridized carbons (Fsp3) is 0.684. The Morgan fingerprint density at radius 1 is 1.00 bits per heavy atom. The van der Waals surface area contributed by atoms with Crippen molar-refractivity contribution in [1.29, 1.82) is 0 Å². The minimum atomic E-state index is 0.241. The molecule has 0 fully saturated rings. The van der Waals surface area contributed by atoms with Crippen molar-refractivity contribution in [3.05, 3.63) is 29.3 Å². The quantitative estimate of drug-likeness (QED) is 0.811. The lowest BCUT2D eigenvalue weighted by Gasteiger charge is -2.25. The highest BCUT2D eigenvalue weighted by Crippen LogP contribution is 2.26. The third kappa shape index (κ3) is 5.03. The van der Waals surface area contributed by atoms with Crippen LogP contribution < -0.4 is 10.1 Å². The molecule has 0 radical (unpaired) electrons. The van der Waals surface area contributed by atoms with Gasteiger partial charge in [0.15, 0.2) is 0 Å². The van der Waals surface area contributed by atoms with Crippen molar-refractivity contribution in [2.75, 3.05) is 13.1 Å². The highest BCUT2D eigenvalue weighted by atomic mass is 16.5. The standard InChI is InChI=1S/C19H31NO/c1-14(2)12-20-13-19(15(3)4)21-18-10-9-16-7-5-6-8-17(16)11-18/h9-11,14-15,19-20H,5-8,12-13H2,1-4H3. The fourth-order valence-electron chi connectivity index (χ4n) is 2.89. The molecule has 1 aliphatic carbocycles. The van der Waals surface area contributed by atoms with Gasteiger partial charge in [-0.15, -0.1) is 0 Å². The zero-order valence-electron chi connectivity index (χ0n) is 14.1. The first-order valence-corrected chi connectivity index (χ1v) is 8.55. The van der Waals surface area contributed by atoms with Crippen LogP contribution in [0.4, 0.5) is 0 Å². The smallest absolute Gasteiger partial charge is 0.120 e. The third-order valence-electron chi connectivity index (χ3n) is 4.25. The van der Waals surface area contributed by atoms with Crippen LogP contribution >= 0.6 is 0 Å². The molecule has 0 amide bonds. The Morgan fingerprint density at radius 2 is 1.71 bits per heavy atom. The molecule has 118 valence electrons. The molecule has 2 nitrogen and oxygen atoms in total. The number of nitrogens with one attached hydrogen (secondary N) is 1. The van der Waals surface area contributed by atoms with Gasteiger partial charge in [0, 0.05) is 6.54 Å². The molecule has 0 heterocycles. The average Bonchev–Trinajstić information content (AvgIpc) is 2.45. The molecule has 21 heavy (non-hydrogen) atoms. The highest BCUT2D eigenvalue weighted by Gasteiger charge is 2.16. The molecule has 1 aromatic carbocycles. The Morgan fingerprint density at radius 3 is 2.38 bits per heavy atom. The van der Waals surface area contributed by atoms with Crippen LogP contribution in [-0.4, -0.2) is 19.2 Å². The number of benzene rings is 1. The fourth-order valence-corrected chi connectivity index (χ4v) is 2.89. The van der Waals surface area contributed by atoms with Gasteiger partial charge in [0.2, 0.25) is 0 Å². The summed E-state index contributed by atoms with van der Waals surface area (Å²) >= 11 is 0. The molecule has 2 heteroatoms. The van der Waals surface area contributed by atoms with Crippen LogP contribution in [0.3, 0.4) is 0 Å². The number of hydrogen-bond acceptors (Lipinski definition) is 2. The van der Waals surface area contributed by atoms with E-state index in [1.807, 2.05) is 0 Å². The second-order valence-corrected chi connectivity index (χ2v) is 7.09. The maximum absolute atomic E-state index is 6.26. The van der Waals surface area contributed by atoms with E-state index in [1.165, 1.54) is 36.8 Å². The normalized spacial score (nSPS) is 16.1. The summed E-state index contributed by atoms with van der Waals surface area (Å²) < 4.78 is 6.26. The molecule has 0 spiro atoms. The molecule has 1 atom stereocenters. The van der Waals surface area contributed by atoms with Gasteiger partial charge >= 0.3 is 0 Å². The maximum Gasteiger partial charge on any atom is 0.120 e. The van der Waals surface area contributed by atoms with E-state index < -0.39 is 0 Å². The number of ether oxygens (including phenoxy) is 1. The van der Waals surface area contributed by atoms with Gasteiger partial charge in [0.1, 0.15) is 11.9 Å². The van der Waals surface area contributed by atoms with E-state index in [9.17, 15) is 0 Å². The number of rotatable bonds is 7. The second-order valence-electron chi connectivity index (χ2n) is 7.09. The summed E-state index contributed by atoms with van der Waals surface area (Å²) in [6.07, 6.45) is 5.34. The van der Waals surface area contributed by atoms with Gasteiger partial charge in [-0.2, -0.15) is 0 Å². The lowest BCUT2D eigenvalue weighted by Crippen LogP contribution is -2.36. The Balaban J connectivity index is 1.96. The van der Waals surface area contributed by atoms with E-state index in [-0.39, 0.29) is 6.10 Å². The van der Waals surface area contributed by atoms with Crippen molar-refractivity contribution in [2.45, 2.75) is 59.5 Å². The summed E-state index contributed by atoms with van der Waals surface area (Å²) in [5.74, 6) is 2.24. The maximum atomic E-state index is 6.26. The van der Waals surface area contributed by atoms with Gasteiger partial charge in [-0.05, 0) is 67.3 Å². The Kier molecular flexibility index (Phi) is 6.10. The minimum absolute atomic E-state index is 0.241. The van der Waals surface area contributed by atoms with Crippen LogP contribution in [-0.2, 0) is 12.8 Å². The van der Waals surface area contributed by atoms with E-state index in [1.54, 1.807) is 0 Å². The van der Waals surface area contributed by atoms with Crippen LogP contribution in [0.2, 0.25) is 0 Å². The van der Waals surface area contributed by atoms with Gasteiger partial charge in [-0.25, -0.2) is 0 Å². The molecule has 0 saturated heterocycles. The summed E-state index contributed by atoms with van der Waals surface area (Å²) in [6.45, 7) is 10.9. The zero-order chi connectivity index (χ0) is 15.2. The lowest BCUT2D eigenvalue weighted by atomic mass is 9.92. The van der Waals surface area contributed by atoms with E-state index in [0.717, 1.165) is 18.8 Å². The third-order valence-corrected chi connectivity index (χ3v) is 4.25. The number of fused-ring (bicyclic) bond motifs is 1. The topological polar surface area (TPSA) is 21.3 Å². The van der Waals surface area contributed by atoms with Gasteiger partial charge < -0.3 is 10.1 Å². The van der Waals surface area contributed by atoms with Crippen LogP contribution in [0.25, 0.3) is 0 Å². The molecule has 0 aliphatic heterocycles. The largest absolute Gasteiger partial charge is 0.489 e. The van der Waals surface area contributed by atoms with Crippen molar-refractivity contribution in [1.82, 2.24) is 5.32 Å². The van der Waals surface area contributed by atoms with Crippen LogP contribution in [0.5, 0.6) is 5.75 Å². The summed E-state index contributed by atoms with van der Waals surface area (Å²) in [5, 5.41) is 3.52. The second kappa shape index (κ2) is 7.84. The average molecular weight is 289 g/mol. The minimum Gasteiger partial charge on any atom is -0.489 e. The molecule has 1 unspecified atom stereocenters. The summed E-state index contributed by atoms with van der Waals surface area (Å²) in [4.78, 5) is 0. The SMILES string of the molecule is CC(C)CNCC(Oc1ccc2c(c1)CCCC2)C(C)C. The van der Waals surface area contributed by atoms with Crippen molar-refractivity contribution >= 4 is 0 Å². The van der Waals surface area contributed by atoms with Crippen LogP contribution in [0, 0.1) is 11.8 Å². The van der Waals surface area contributed by atoms with E-state index >= 15 is 0 Å². The van der Waals surface area contributed by atoms with Crippen molar-refractivity contribution in [3.8, 4) is 5.75 Å². The summed E-state index contributed by atoms with van der Waals surface area (Å²) in [7, 11) is 0. The van der Waals surface area contributed by atoms with E-state index in [0.29, 0.717) is 11.8 Å². The molecule has 1 aliphatic rings. The first kappa shape index (κ1) is 16.4. The molecular formula is C19H31NO. The van der Waals surface area contributed by atoms with Crippen molar-refractivity contribution < 1.29 is 4.74 Å². The zero-order valence-corrected chi connectivity index (χ0v) is 14.1. The monoisotopic (exact) mass is 289 g/mol. The lowest BCUT2D eigenvalue weighted by molar-refractivity contribution is 0.148. The van der Waals surface area contributed by atoms with Gasteiger partial charge in [-0.3, -0.25) is 0 Å². The summed E-state index contributed by atoms with van der Waals surface area (Å²) in [6, 6.07) is 6.69. The highest BCUT2D eigenvalue weighted by molar-refractivity contribution is 5.37. The molecule has 1 aromatic rings. The van der Waals surface area contributed by atoms with Crippen molar-refractivity contribution in [2.24, 2.45) is 11.8 Å². The molecule has 0 saturated carbocycles. The number of hydrogen-bond donors (Lipinski definition) is 1. The Bertz CT molecular complexity index is 439. The van der Waals surface area contributed by atoms with E-state index in [4.69, 9.17) is 4.74 Å². The molecular weight excluding hydrogens is 258 g/mol. The molecule has 0 aromatic heterocycles. The molecule has 1 N–H and O–H groups in total. The van der Waals surface area contributed by atoms with Gasteiger partial charge in [-0.1, -0.05) is 33.8 Å².